The molecule has 1 aliphatic rings. The number of amidine groups is 1. The van der Waals surface area contributed by atoms with E-state index in [4.69, 9.17) is 5.73 Å². The highest BCUT2D eigenvalue weighted by atomic mass is 32.1. The Bertz CT molecular complexity index is 333. The molecule has 0 saturated carbocycles. The van der Waals surface area contributed by atoms with E-state index in [0.29, 0.717) is 0 Å². The lowest BCUT2D eigenvalue weighted by Crippen LogP contribution is -2.50. The van der Waals surface area contributed by atoms with Gasteiger partial charge in [-0.1, -0.05) is 0 Å². The summed E-state index contributed by atoms with van der Waals surface area (Å²) in [5, 5.41) is 15.9. The quantitative estimate of drug-likeness (QED) is 0.448. The van der Waals surface area contributed by atoms with E-state index in [-0.39, 0.29) is 5.17 Å². The molecule has 0 amide bonds. The molecule has 1 aliphatic heterocycles. The lowest BCUT2D eigenvalue weighted by Gasteiger charge is -2.18. The van der Waals surface area contributed by atoms with Crippen LogP contribution < -0.4 is 5.73 Å². The molecule has 8 nitrogen and oxygen atoms in total. The number of aliphatic imine (C=N–C) groups is 1. The van der Waals surface area contributed by atoms with Gasteiger partial charge in [-0.25, -0.2) is 14.4 Å². The molecule has 1 rings (SSSR count). The van der Waals surface area contributed by atoms with Gasteiger partial charge in [0.2, 0.25) is 11.3 Å². The molecule has 0 spiro atoms. The molecule has 0 aromatic carbocycles. The third-order valence-corrected chi connectivity index (χ3v) is 1.78. The van der Waals surface area contributed by atoms with E-state index in [1.54, 1.807) is 0 Å². The number of nitrogens with two attached hydrogens (primary N) is 1. The first kappa shape index (κ1) is 11.2. The van der Waals surface area contributed by atoms with Crippen LogP contribution in [0.4, 0.5) is 0 Å². The Hall–Kier alpha value is -0.890. The average Bonchev–Trinajstić information content (AvgIpc) is 2.47. The van der Waals surface area contributed by atoms with Crippen LogP contribution in [0.15, 0.2) is 15.2 Å². The second-order valence-electron chi connectivity index (χ2n) is 2.28. The number of nitrogens with zero attached hydrogens (tertiary/aromatic N) is 3. The molecule has 3 N–H and O–H groups in total. The van der Waals surface area contributed by atoms with Crippen LogP contribution in [0.2, 0.25) is 0 Å². The normalized spacial score (nSPS) is 27.5. The van der Waals surface area contributed by atoms with Crippen molar-refractivity contribution < 1.29 is 19.0 Å². The van der Waals surface area contributed by atoms with Gasteiger partial charge in [-0.2, -0.15) is 0 Å². The van der Waals surface area contributed by atoms with Crippen molar-refractivity contribution in [2.75, 3.05) is 0 Å². The summed E-state index contributed by atoms with van der Waals surface area (Å²) in [5.41, 5.74) is 5.37. The van der Waals surface area contributed by atoms with E-state index < -0.39 is 26.5 Å². The minimum atomic E-state index is -1.95. The number of rotatable bonds is 3. The predicted octanol–water partition coefficient (Wildman–Crippen LogP) is -0.539. The zero-order valence-electron chi connectivity index (χ0n) is 6.56. The van der Waals surface area contributed by atoms with Crippen LogP contribution >= 0.6 is 21.3 Å². The summed E-state index contributed by atoms with van der Waals surface area (Å²) in [6, 6.07) is 0. The third-order valence-electron chi connectivity index (χ3n) is 1.33. The van der Waals surface area contributed by atoms with Gasteiger partial charge < -0.3 is 9.63 Å². The summed E-state index contributed by atoms with van der Waals surface area (Å²) in [6.07, 6.45) is -1.88. The zero-order valence-corrected chi connectivity index (χ0v) is 8.35. The van der Waals surface area contributed by atoms with E-state index in [1.165, 1.54) is 0 Å². The molecular weight excluding hydrogens is 231 g/mol. The van der Waals surface area contributed by atoms with E-state index in [0.717, 1.165) is 0 Å². The molecule has 0 radical (unpaired) electrons. The maximum atomic E-state index is 10.9. The number of hydrogen-bond donors (Lipinski definition) is 3. The highest BCUT2D eigenvalue weighted by molar-refractivity contribution is 7.96. The summed E-state index contributed by atoms with van der Waals surface area (Å²) in [6.45, 7) is 0. The van der Waals surface area contributed by atoms with E-state index in [1.807, 2.05) is 0 Å². The van der Waals surface area contributed by atoms with Crippen LogP contribution in [-0.4, -0.2) is 28.1 Å². The summed E-state index contributed by atoms with van der Waals surface area (Å²) >= 11 is 3.70. The average molecular weight is 236 g/mol. The van der Waals surface area contributed by atoms with E-state index in [2.05, 4.69) is 32.4 Å². The Morgan fingerprint density at radius 1 is 1.79 bits per heavy atom. The minimum Gasteiger partial charge on any atom is -0.377 e. The van der Waals surface area contributed by atoms with Crippen molar-refractivity contribution in [2.45, 2.75) is 11.9 Å². The molecule has 2 atom stereocenters. The summed E-state index contributed by atoms with van der Waals surface area (Å²) in [7, 11) is -0.893. The lowest BCUT2D eigenvalue weighted by molar-refractivity contribution is -0.146. The maximum Gasteiger partial charge on any atom is 0.398 e. The van der Waals surface area contributed by atoms with Gasteiger partial charge in [-0.3, -0.25) is 5.73 Å². The van der Waals surface area contributed by atoms with E-state index >= 15 is 0 Å². The monoisotopic (exact) mass is 236 g/mol. The molecule has 0 aromatic rings. The smallest absolute Gasteiger partial charge is 0.377 e. The van der Waals surface area contributed by atoms with Crippen LogP contribution in [0, 0.1) is 0 Å². The van der Waals surface area contributed by atoms with Gasteiger partial charge in [0, 0.05) is 0 Å². The second-order valence-corrected chi connectivity index (χ2v) is 3.01. The van der Waals surface area contributed by atoms with Gasteiger partial charge in [0.15, 0.2) is 0 Å². The molecule has 0 aliphatic carbocycles. The van der Waals surface area contributed by atoms with E-state index in [9.17, 15) is 14.5 Å². The molecular formula is C4H5N4O4PS. The van der Waals surface area contributed by atoms with Crippen molar-refractivity contribution in [3.05, 3.63) is 0 Å². The van der Waals surface area contributed by atoms with Crippen molar-refractivity contribution in [1.82, 2.24) is 0 Å². The predicted molar refractivity (Wildman–Crippen MR) is 47.9 cm³/mol. The molecule has 10 heteroatoms. The van der Waals surface area contributed by atoms with Crippen molar-refractivity contribution in [2.24, 2.45) is 21.0 Å². The van der Waals surface area contributed by atoms with Gasteiger partial charge >= 0.3 is 14.7 Å². The summed E-state index contributed by atoms with van der Waals surface area (Å²) in [4.78, 5) is 14.4. The highest BCUT2D eigenvalue weighted by Gasteiger charge is 2.43. The first-order chi connectivity index (χ1) is 6.49. The highest BCUT2D eigenvalue weighted by Crippen LogP contribution is 2.21. The summed E-state index contributed by atoms with van der Waals surface area (Å²) < 4.78 is 13.9. The van der Waals surface area contributed by atoms with Crippen LogP contribution in [-0.2, 0) is 13.9 Å². The molecule has 2 unspecified atom stereocenters. The van der Waals surface area contributed by atoms with Crippen molar-refractivity contribution in [1.29, 1.82) is 0 Å². The number of hydrogen-bond acceptors (Lipinski definition) is 8. The Labute approximate surface area is 84.9 Å². The standard InChI is InChI=1S/C4H5N4O4PS/c5-4(6-3(14)7-8-4)1(9)2(10)12-13-11/h1,9H,5H2,(H,6,14). The molecule has 0 saturated heterocycles. The van der Waals surface area contributed by atoms with Crippen LogP contribution in [0.1, 0.15) is 0 Å². The number of carbonyl (C=O) groups excluding carboxylic acids is 1. The van der Waals surface area contributed by atoms with Crippen molar-refractivity contribution in [3.63, 3.8) is 0 Å². The molecule has 76 valence electrons. The zero-order chi connectivity index (χ0) is 10.8. The lowest BCUT2D eigenvalue weighted by atomic mass is 10.2. The van der Waals surface area contributed by atoms with Crippen LogP contribution in [0.5, 0.6) is 0 Å². The minimum absolute atomic E-state index is 0.0703. The molecule has 0 aromatic heterocycles. The number of azo groups is 1. The van der Waals surface area contributed by atoms with Crippen LogP contribution in [0.3, 0.4) is 0 Å². The Kier molecular flexibility index (Phi) is 3.27. The van der Waals surface area contributed by atoms with Crippen molar-refractivity contribution in [3.8, 4) is 0 Å². The van der Waals surface area contributed by atoms with Crippen LogP contribution in [0.25, 0.3) is 0 Å². The molecule has 0 bridgehead atoms. The fourth-order valence-electron chi connectivity index (χ4n) is 0.706. The fourth-order valence-corrected chi connectivity index (χ4v) is 1.08. The molecule has 1 heterocycles. The molecule has 0 fully saturated rings. The summed E-state index contributed by atoms with van der Waals surface area (Å²) in [5.74, 6) is -3.16. The number of aliphatic hydroxyl groups excluding tert-OH is 1. The first-order valence-corrected chi connectivity index (χ1v) is 4.39. The Morgan fingerprint density at radius 3 is 2.86 bits per heavy atom. The number of carbonyl (C=O) groups is 1. The SMILES string of the molecule is NC1(C(O)C(=O)OP=O)N=NC(S)=N1. The largest absolute Gasteiger partial charge is 0.398 e. The fraction of sp³-hybridized carbons (Fsp3) is 0.500. The Balaban J connectivity index is 2.79. The van der Waals surface area contributed by atoms with Gasteiger partial charge in [0.05, 0.1) is 0 Å². The van der Waals surface area contributed by atoms with Gasteiger partial charge in [-0.15, -0.1) is 22.9 Å². The van der Waals surface area contributed by atoms with Gasteiger partial charge in [0.1, 0.15) is 0 Å². The topological polar surface area (TPSA) is 127 Å². The maximum absolute atomic E-state index is 10.9. The number of aliphatic hydroxyl groups is 1. The third kappa shape index (κ3) is 2.13. The molecule has 14 heavy (non-hydrogen) atoms. The second kappa shape index (κ2) is 4.09. The first-order valence-electron chi connectivity index (χ1n) is 3.22. The number of thiol groups is 1. The van der Waals surface area contributed by atoms with Gasteiger partial charge in [0.25, 0.3) is 5.79 Å². The van der Waals surface area contributed by atoms with Gasteiger partial charge in [-0.05, 0) is 0 Å². The Morgan fingerprint density at radius 2 is 2.43 bits per heavy atom. The van der Waals surface area contributed by atoms with Crippen molar-refractivity contribution >= 4 is 32.5 Å².